The molecule has 2 aromatic carbocycles. The maximum absolute atomic E-state index is 12.5. The van der Waals surface area contributed by atoms with Gasteiger partial charge in [-0.15, -0.1) is 10.2 Å². The number of nitrogens with zero attached hydrogens (tertiary/aromatic N) is 2. The first-order valence-corrected chi connectivity index (χ1v) is 9.01. The van der Waals surface area contributed by atoms with Crippen molar-refractivity contribution in [2.75, 3.05) is 13.7 Å². The Morgan fingerprint density at radius 1 is 1.21 bits per heavy atom. The number of carbonyl (C=O) groups excluding carboxylic acids is 1. The summed E-state index contributed by atoms with van der Waals surface area (Å²) in [4.78, 5) is 12.5. The molecule has 0 aliphatic heterocycles. The first-order chi connectivity index (χ1) is 13.5. The number of benzene rings is 2. The summed E-state index contributed by atoms with van der Waals surface area (Å²) in [6.45, 7) is 3.89. The zero-order valence-electron chi connectivity index (χ0n) is 15.6. The van der Waals surface area contributed by atoms with Gasteiger partial charge in [-0.25, -0.2) is 4.79 Å². The van der Waals surface area contributed by atoms with E-state index < -0.39 is 12.1 Å². The smallest absolute Gasteiger partial charge is 0.339 e. The summed E-state index contributed by atoms with van der Waals surface area (Å²) >= 11 is 6.21. The van der Waals surface area contributed by atoms with Crippen molar-refractivity contribution in [3.8, 4) is 23.0 Å². The zero-order valence-corrected chi connectivity index (χ0v) is 16.4. The van der Waals surface area contributed by atoms with E-state index in [1.54, 1.807) is 6.92 Å². The monoisotopic (exact) mass is 402 g/mol. The first kappa shape index (κ1) is 19.7. The van der Waals surface area contributed by atoms with Gasteiger partial charge in [0.05, 0.1) is 24.3 Å². The molecular weight excluding hydrogens is 384 g/mol. The minimum absolute atomic E-state index is 0.191. The fourth-order valence-corrected chi connectivity index (χ4v) is 2.76. The number of esters is 1. The Balaban J connectivity index is 1.76. The van der Waals surface area contributed by atoms with Gasteiger partial charge in [0, 0.05) is 5.56 Å². The van der Waals surface area contributed by atoms with Crippen LogP contribution in [0.5, 0.6) is 11.5 Å². The van der Waals surface area contributed by atoms with Crippen LogP contribution in [0, 0.1) is 0 Å². The number of aromatic nitrogens is 2. The van der Waals surface area contributed by atoms with Crippen molar-refractivity contribution in [2.45, 2.75) is 20.0 Å². The lowest BCUT2D eigenvalue weighted by Crippen LogP contribution is -2.10. The Morgan fingerprint density at radius 3 is 2.64 bits per heavy atom. The summed E-state index contributed by atoms with van der Waals surface area (Å²) in [7, 11) is 1.47. The van der Waals surface area contributed by atoms with Gasteiger partial charge in [-0.05, 0) is 38.1 Å². The van der Waals surface area contributed by atoms with E-state index in [0.717, 1.165) is 5.56 Å². The van der Waals surface area contributed by atoms with Crippen molar-refractivity contribution >= 4 is 17.6 Å². The molecule has 0 radical (unpaired) electrons. The molecule has 0 N–H and O–H groups in total. The highest BCUT2D eigenvalue weighted by atomic mass is 35.5. The average molecular weight is 403 g/mol. The molecule has 146 valence electrons. The van der Waals surface area contributed by atoms with Crippen LogP contribution in [0.2, 0.25) is 5.02 Å². The number of ether oxygens (including phenoxy) is 3. The van der Waals surface area contributed by atoms with Crippen LogP contribution in [0.15, 0.2) is 46.9 Å². The second-order valence-electron chi connectivity index (χ2n) is 5.78. The molecule has 1 aromatic heterocycles. The molecule has 0 aliphatic rings. The average Bonchev–Trinajstić information content (AvgIpc) is 3.20. The minimum atomic E-state index is -0.742. The van der Waals surface area contributed by atoms with Crippen LogP contribution < -0.4 is 9.47 Å². The van der Waals surface area contributed by atoms with Crippen LogP contribution in [-0.2, 0) is 4.74 Å². The van der Waals surface area contributed by atoms with Gasteiger partial charge in [-0.3, -0.25) is 0 Å². The molecular formula is C20H19ClN2O5. The van der Waals surface area contributed by atoms with Gasteiger partial charge in [0.2, 0.25) is 5.89 Å². The molecule has 7 nitrogen and oxygen atoms in total. The van der Waals surface area contributed by atoms with Crippen molar-refractivity contribution in [3.05, 3.63) is 58.9 Å². The Kier molecular flexibility index (Phi) is 6.16. The third kappa shape index (κ3) is 4.26. The number of methoxy groups -OCH3 is 1. The molecule has 0 spiro atoms. The Labute approximate surface area is 167 Å². The normalized spacial score (nSPS) is 11.7. The first-order valence-electron chi connectivity index (χ1n) is 8.63. The largest absolute Gasteiger partial charge is 0.493 e. The zero-order chi connectivity index (χ0) is 20.1. The highest BCUT2D eigenvalue weighted by Gasteiger charge is 2.22. The lowest BCUT2D eigenvalue weighted by Gasteiger charge is -2.14. The Bertz CT molecular complexity index is 958. The molecule has 0 unspecified atom stereocenters. The molecule has 3 aromatic rings. The van der Waals surface area contributed by atoms with Crippen molar-refractivity contribution in [3.63, 3.8) is 0 Å². The van der Waals surface area contributed by atoms with E-state index >= 15 is 0 Å². The molecule has 0 aliphatic carbocycles. The summed E-state index contributed by atoms with van der Waals surface area (Å²) < 4.78 is 21.8. The molecule has 0 fully saturated rings. The van der Waals surface area contributed by atoms with Gasteiger partial charge in [0.15, 0.2) is 17.6 Å². The van der Waals surface area contributed by atoms with Crippen molar-refractivity contribution in [1.82, 2.24) is 10.2 Å². The molecule has 8 heteroatoms. The van der Waals surface area contributed by atoms with Crippen LogP contribution in [0.1, 0.15) is 36.2 Å². The molecule has 0 bridgehead atoms. The number of rotatable bonds is 7. The quantitative estimate of drug-likeness (QED) is 0.529. The maximum Gasteiger partial charge on any atom is 0.339 e. The summed E-state index contributed by atoms with van der Waals surface area (Å²) in [6, 6.07) is 12.3. The third-order valence-electron chi connectivity index (χ3n) is 3.85. The molecule has 0 amide bonds. The second kappa shape index (κ2) is 8.75. The van der Waals surface area contributed by atoms with Gasteiger partial charge in [-0.2, -0.15) is 0 Å². The molecule has 1 atom stereocenters. The van der Waals surface area contributed by atoms with Crippen LogP contribution in [0.3, 0.4) is 0 Å². The van der Waals surface area contributed by atoms with E-state index in [1.807, 2.05) is 37.3 Å². The van der Waals surface area contributed by atoms with E-state index in [1.165, 1.54) is 19.2 Å². The number of carbonyl (C=O) groups is 1. The fraction of sp³-hybridized carbons (Fsp3) is 0.250. The highest BCUT2D eigenvalue weighted by Crippen LogP contribution is 2.37. The molecule has 0 saturated heterocycles. The number of hydrogen-bond acceptors (Lipinski definition) is 7. The summed E-state index contributed by atoms with van der Waals surface area (Å²) in [5, 5.41) is 8.21. The van der Waals surface area contributed by atoms with E-state index in [0.29, 0.717) is 24.0 Å². The Morgan fingerprint density at radius 2 is 1.96 bits per heavy atom. The minimum Gasteiger partial charge on any atom is -0.493 e. The van der Waals surface area contributed by atoms with E-state index in [9.17, 15) is 4.79 Å². The van der Waals surface area contributed by atoms with Crippen LogP contribution in [-0.4, -0.2) is 29.9 Å². The fourth-order valence-electron chi connectivity index (χ4n) is 2.50. The summed E-state index contributed by atoms with van der Waals surface area (Å²) in [5.74, 6) is 0.662. The lowest BCUT2D eigenvalue weighted by molar-refractivity contribution is 0.0279. The van der Waals surface area contributed by atoms with Crippen LogP contribution >= 0.6 is 11.6 Å². The Hall–Kier alpha value is -3.06. The SMILES string of the molecule is CCOc1c(Cl)cc(C(=O)O[C@@H](C)c2nnc(-c3ccccc3)o2)cc1OC. The van der Waals surface area contributed by atoms with E-state index in [2.05, 4.69) is 10.2 Å². The summed E-state index contributed by atoms with van der Waals surface area (Å²) in [5.41, 5.74) is 1.00. The standard InChI is InChI=1S/C20H19ClN2O5/c1-4-26-17-15(21)10-14(11-16(17)25-3)20(24)27-12(2)18-22-23-19(28-18)13-8-6-5-7-9-13/h5-12H,4H2,1-3H3/t12-/m0/s1. The van der Waals surface area contributed by atoms with Gasteiger partial charge in [-0.1, -0.05) is 29.8 Å². The molecule has 3 rings (SSSR count). The third-order valence-corrected chi connectivity index (χ3v) is 4.13. The number of hydrogen-bond donors (Lipinski definition) is 0. The predicted molar refractivity (Wildman–Crippen MR) is 103 cm³/mol. The van der Waals surface area contributed by atoms with Crippen molar-refractivity contribution in [2.24, 2.45) is 0 Å². The van der Waals surface area contributed by atoms with Gasteiger partial charge < -0.3 is 18.6 Å². The van der Waals surface area contributed by atoms with E-state index in [-0.39, 0.29) is 16.5 Å². The summed E-state index contributed by atoms with van der Waals surface area (Å²) in [6.07, 6.45) is -0.742. The van der Waals surface area contributed by atoms with Gasteiger partial charge in [0.25, 0.3) is 5.89 Å². The van der Waals surface area contributed by atoms with Crippen molar-refractivity contribution < 1.29 is 23.4 Å². The molecule has 0 saturated carbocycles. The van der Waals surface area contributed by atoms with Crippen LogP contribution in [0.4, 0.5) is 0 Å². The lowest BCUT2D eigenvalue weighted by atomic mass is 10.2. The molecule has 1 heterocycles. The number of halogens is 1. The highest BCUT2D eigenvalue weighted by molar-refractivity contribution is 6.32. The van der Waals surface area contributed by atoms with Crippen molar-refractivity contribution in [1.29, 1.82) is 0 Å². The molecule has 28 heavy (non-hydrogen) atoms. The topological polar surface area (TPSA) is 83.7 Å². The van der Waals surface area contributed by atoms with Gasteiger partial charge in [0.1, 0.15) is 0 Å². The van der Waals surface area contributed by atoms with Crippen LogP contribution in [0.25, 0.3) is 11.5 Å². The predicted octanol–water partition coefficient (Wildman–Crippen LogP) is 4.72. The second-order valence-corrected chi connectivity index (χ2v) is 6.19. The van der Waals surface area contributed by atoms with Gasteiger partial charge >= 0.3 is 5.97 Å². The maximum atomic E-state index is 12.5. The van der Waals surface area contributed by atoms with E-state index in [4.69, 9.17) is 30.2 Å².